The summed E-state index contributed by atoms with van der Waals surface area (Å²) in [5.74, 6) is 5.67. The molecule has 1 nitrogen and oxygen atoms in total. The van der Waals surface area contributed by atoms with Crippen LogP contribution >= 0.6 is 0 Å². The van der Waals surface area contributed by atoms with Crippen molar-refractivity contribution >= 4 is 13.9 Å². The van der Waals surface area contributed by atoms with Gasteiger partial charge in [-0.15, -0.1) is 0 Å². The zero-order chi connectivity index (χ0) is 15.2. The molecule has 0 aromatic rings. The Balaban J connectivity index is 3.87. The van der Waals surface area contributed by atoms with Crippen molar-refractivity contribution in [3.63, 3.8) is 0 Å². The minimum atomic E-state index is -0.370. The molecule has 0 spiro atoms. The van der Waals surface area contributed by atoms with E-state index >= 15 is 0 Å². The van der Waals surface area contributed by atoms with Crippen LogP contribution in [0.2, 0.25) is 17.0 Å². The van der Waals surface area contributed by atoms with Crippen molar-refractivity contribution < 1.29 is 5.11 Å². The van der Waals surface area contributed by atoms with Gasteiger partial charge >= 0.3 is 132 Å². The van der Waals surface area contributed by atoms with Gasteiger partial charge < -0.3 is 0 Å². The fourth-order valence-electron chi connectivity index (χ4n) is 2.91. The van der Waals surface area contributed by atoms with E-state index in [1.165, 1.54) is 63.1 Å². The van der Waals surface area contributed by atoms with Crippen LogP contribution < -0.4 is 0 Å². The fraction of sp³-hybridized carbons (Fsp3) is 1.00. The zero-order valence-electron chi connectivity index (χ0n) is 14.5. The van der Waals surface area contributed by atoms with Crippen LogP contribution in [0.15, 0.2) is 0 Å². The molecule has 0 aliphatic carbocycles. The van der Waals surface area contributed by atoms with E-state index in [0.717, 1.165) is 18.8 Å². The normalized spacial score (nSPS) is 14.7. The Labute approximate surface area is 132 Å². The van der Waals surface area contributed by atoms with Crippen molar-refractivity contribution in [3.05, 3.63) is 0 Å². The monoisotopic (exact) mass is 351 g/mol. The molecule has 0 heterocycles. The Bertz CT molecular complexity index is 194. The number of aliphatic hydroxyl groups is 1. The first kappa shape index (κ1) is 20.5. The molecule has 0 aliphatic rings. The third-order valence-corrected chi connectivity index (χ3v) is 6.42. The van der Waals surface area contributed by atoms with Crippen LogP contribution in [0.1, 0.15) is 84.5 Å². The van der Waals surface area contributed by atoms with E-state index in [4.69, 9.17) is 0 Å². The van der Waals surface area contributed by atoms with E-state index in [-0.39, 0.29) is 20.0 Å². The average Bonchev–Trinajstić information content (AvgIpc) is 2.39. The predicted octanol–water partition coefficient (Wildman–Crippen LogP) is 6.05. The van der Waals surface area contributed by atoms with E-state index in [9.17, 15) is 5.11 Å². The van der Waals surface area contributed by atoms with Gasteiger partial charge in [-0.2, -0.15) is 0 Å². The molecule has 0 saturated carbocycles. The maximum atomic E-state index is 10.2. The Kier molecular flexibility index (Phi) is 14.8. The van der Waals surface area contributed by atoms with Gasteiger partial charge in [0.2, 0.25) is 0 Å². The summed E-state index contributed by atoms with van der Waals surface area (Å²) >= 11 is -0.370. The number of aliphatic hydroxyl groups excluding tert-OH is 1. The van der Waals surface area contributed by atoms with Gasteiger partial charge in [0.1, 0.15) is 0 Å². The quantitative estimate of drug-likeness (QED) is 0.299. The summed E-state index contributed by atoms with van der Waals surface area (Å²) in [6.07, 6.45) is 14.0. The third-order valence-electron chi connectivity index (χ3n) is 4.03. The van der Waals surface area contributed by atoms with Crippen molar-refractivity contribution in [3.8, 4) is 0 Å². The summed E-state index contributed by atoms with van der Waals surface area (Å²) in [6, 6.07) is 0. The van der Waals surface area contributed by atoms with Crippen molar-refractivity contribution in [1.82, 2.24) is 0 Å². The van der Waals surface area contributed by atoms with Crippen LogP contribution in [-0.2, 0) is 0 Å². The van der Waals surface area contributed by atoms with Gasteiger partial charge in [-0.3, -0.25) is 0 Å². The molecule has 2 atom stereocenters. The van der Waals surface area contributed by atoms with Gasteiger partial charge in [-0.1, -0.05) is 0 Å². The molecule has 2 unspecified atom stereocenters. The topological polar surface area (TPSA) is 20.2 Å². The Hall–Kier alpha value is 0.479. The SMILES string of the molecule is CCCCCCC(O)CC(CCCCCC)C[Se+](C)C. The van der Waals surface area contributed by atoms with E-state index in [0.29, 0.717) is 0 Å². The van der Waals surface area contributed by atoms with Gasteiger partial charge in [0.15, 0.2) is 0 Å². The Morgan fingerprint density at radius 3 is 1.85 bits per heavy atom. The van der Waals surface area contributed by atoms with E-state index < -0.39 is 0 Å². The van der Waals surface area contributed by atoms with Crippen molar-refractivity contribution in [2.24, 2.45) is 5.92 Å². The molecule has 20 heavy (non-hydrogen) atoms. The second-order valence-corrected chi connectivity index (χ2v) is 11.4. The molecule has 2 heteroatoms. The van der Waals surface area contributed by atoms with E-state index in [2.05, 4.69) is 25.5 Å². The van der Waals surface area contributed by atoms with Crippen LogP contribution in [0.5, 0.6) is 0 Å². The first-order chi connectivity index (χ1) is 9.60. The molecule has 0 aromatic heterocycles. The Morgan fingerprint density at radius 2 is 1.35 bits per heavy atom. The molecular weight excluding hydrogens is 311 g/mol. The molecule has 0 amide bonds. The van der Waals surface area contributed by atoms with Gasteiger partial charge in [0, 0.05) is 0 Å². The summed E-state index contributed by atoms with van der Waals surface area (Å²) in [5, 5.41) is 11.7. The number of rotatable bonds is 14. The number of hydrogen-bond acceptors (Lipinski definition) is 1. The molecule has 0 aromatic carbocycles. The fourth-order valence-corrected chi connectivity index (χ4v) is 5.52. The first-order valence-corrected chi connectivity index (χ1v) is 13.5. The Morgan fingerprint density at radius 1 is 0.800 bits per heavy atom. The molecule has 0 radical (unpaired) electrons. The van der Waals surface area contributed by atoms with Gasteiger partial charge in [-0.05, 0) is 0 Å². The second kappa shape index (κ2) is 14.4. The molecule has 0 rings (SSSR count). The van der Waals surface area contributed by atoms with Crippen molar-refractivity contribution in [2.45, 2.75) is 108 Å². The first-order valence-electron chi connectivity index (χ1n) is 8.82. The molecular formula is C18H39OSe+. The van der Waals surface area contributed by atoms with Crippen LogP contribution in [-0.4, -0.2) is 25.1 Å². The summed E-state index contributed by atoms with van der Waals surface area (Å²) in [4.78, 5) is 0. The average molecular weight is 350 g/mol. The van der Waals surface area contributed by atoms with Gasteiger partial charge in [0.05, 0.1) is 0 Å². The molecule has 0 fully saturated rings. The number of hydrogen-bond donors (Lipinski definition) is 1. The van der Waals surface area contributed by atoms with Crippen LogP contribution in [0.4, 0.5) is 0 Å². The zero-order valence-corrected chi connectivity index (χ0v) is 16.2. The van der Waals surface area contributed by atoms with Crippen molar-refractivity contribution in [2.75, 3.05) is 0 Å². The molecule has 122 valence electrons. The van der Waals surface area contributed by atoms with Crippen LogP contribution in [0.25, 0.3) is 0 Å². The van der Waals surface area contributed by atoms with Crippen LogP contribution in [0, 0.1) is 5.92 Å². The summed E-state index contributed by atoms with van der Waals surface area (Å²) < 4.78 is 0. The van der Waals surface area contributed by atoms with Gasteiger partial charge in [-0.25, -0.2) is 0 Å². The molecule has 0 aliphatic heterocycles. The minimum absolute atomic E-state index is 0.0339. The standard InChI is InChI=1S/C18H39OSe/c1-5-7-9-11-13-17(16-20(3)4)15-18(19)14-12-10-8-6-2/h17-19H,5-16H2,1-4H3/q+1. The molecule has 1 N–H and O–H groups in total. The van der Waals surface area contributed by atoms with Crippen molar-refractivity contribution in [1.29, 1.82) is 0 Å². The summed E-state index contributed by atoms with van der Waals surface area (Å²) in [7, 11) is 0. The van der Waals surface area contributed by atoms with Gasteiger partial charge in [0.25, 0.3) is 0 Å². The predicted molar refractivity (Wildman–Crippen MR) is 93.9 cm³/mol. The summed E-state index contributed by atoms with van der Waals surface area (Å²) in [5.41, 5.74) is 0. The van der Waals surface area contributed by atoms with Crippen LogP contribution in [0.3, 0.4) is 0 Å². The third kappa shape index (κ3) is 13.5. The molecule has 0 bridgehead atoms. The summed E-state index contributed by atoms with van der Waals surface area (Å²) in [6.45, 7) is 4.52. The second-order valence-electron chi connectivity index (χ2n) is 6.61. The van der Waals surface area contributed by atoms with E-state index in [1.807, 2.05) is 0 Å². The van der Waals surface area contributed by atoms with E-state index in [1.54, 1.807) is 0 Å². The molecule has 0 saturated heterocycles. The number of unbranched alkanes of at least 4 members (excludes halogenated alkanes) is 6. The maximum absolute atomic E-state index is 10.2.